The highest BCUT2D eigenvalue weighted by molar-refractivity contribution is 7.88. The summed E-state index contributed by atoms with van der Waals surface area (Å²) in [6.07, 6.45) is 1.35. The van der Waals surface area contributed by atoms with Crippen LogP contribution >= 0.6 is 0 Å². The smallest absolute Gasteiger partial charge is 0.221 e. The molecule has 1 aromatic carbocycles. The third-order valence-electron chi connectivity index (χ3n) is 3.24. The van der Waals surface area contributed by atoms with Crippen LogP contribution in [0, 0.1) is 12.8 Å². The number of nitrogens with one attached hydrogen (secondary N) is 1. The number of benzene rings is 1. The zero-order chi connectivity index (χ0) is 16.8. The van der Waals surface area contributed by atoms with Crippen molar-refractivity contribution in [3.05, 3.63) is 35.4 Å². The number of rotatable bonds is 8. The maximum Gasteiger partial charge on any atom is 0.221 e. The van der Waals surface area contributed by atoms with Crippen LogP contribution in [0.2, 0.25) is 0 Å². The van der Waals surface area contributed by atoms with Crippen molar-refractivity contribution in [2.75, 3.05) is 19.3 Å². The van der Waals surface area contributed by atoms with Gasteiger partial charge in [0, 0.05) is 26.1 Å². The lowest BCUT2D eigenvalue weighted by molar-refractivity contribution is -0.121. The monoisotopic (exact) mass is 326 g/mol. The Labute approximate surface area is 133 Å². The van der Waals surface area contributed by atoms with E-state index in [1.165, 1.54) is 10.6 Å². The first-order valence-electron chi connectivity index (χ1n) is 7.46. The highest BCUT2D eigenvalue weighted by atomic mass is 32.2. The summed E-state index contributed by atoms with van der Waals surface area (Å²) in [6, 6.07) is 7.72. The molecule has 22 heavy (non-hydrogen) atoms. The van der Waals surface area contributed by atoms with Gasteiger partial charge >= 0.3 is 0 Å². The van der Waals surface area contributed by atoms with Crippen molar-refractivity contribution >= 4 is 15.9 Å². The molecule has 0 aliphatic carbocycles. The molecule has 1 rings (SSSR count). The third kappa shape index (κ3) is 7.04. The van der Waals surface area contributed by atoms with Crippen LogP contribution in [0.1, 0.15) is 31.4 Å². The van der Waals surface area contributed by atoms with Crippen LogP contribution in [0.5, 0.6) is 0 Å². The normalized spacial score (nSPS) is 11.9. The highest BCUT2D eigenvalue weighted by Gasteiger charge is 2.18. The molecule has 0 bridgehead atoms. The third-order valence-corrected chi connectivity index (χ3v) is 4.49. The molecule has 0 aromatic heterocycles. The summed E-state index contributed by atoms with van der Waals surface area (Å²) in [5, 5.41) is 2.80. The van der Waals surface area contributed by atoms with Crippen molar-refractivity contribution in [3.8, 4) is 0 Å². The number of carbonyl (C=O) groups is 1. The number of sulfonamides is 1. The number of hydrogen-bond donors (Lipinski definition) is 1. The maximum atomic E-state index is 11.9. The van der Waals surface area contributed by atoms with E-state index in [-0.39, 0.29) is 25.4 Å². The zero-order valence-electron chi connectivity index (χ0n) is 13.8. The molecule has 1 amide bonds. The fourth-order valence-corrected chi connectivity index (χ4v) is 2.70. The molecule has 0 spiro atoms. The van der Waals surface area contributed by atoms with Crippen molar-refractivity contribution in [1.82, 2.24) is 9.62 Å². The molecule has 0 radical (unpaired) electrons. The van der Waals surface area contributed by atoms with Crippen molar-refractivity contribution in [1.29, 1.82) is 0 Å². The van der Waals surface area contributed by atoms with Gasteiger partial charge in [-0.25, -0.2) is 8.42 Å². The van der Waals surface area contributed by atoms with Crippen molar-refractivity contribution in [2.45, 2.75) is 33.7 Å². The molecule has 0 saturated heterocycles. The Morgan fingerprint density at radius 3 is 2.32 bits per heavy atom. The minimum Gasteiger partial charge on any atom is -0.356 e. The van der Waals surface area contributed by atoms with E-state index in [1.54, 1.807) is 0 Å². The molecular formula is C16H26N2O3S. The largest absolute Gasteiger partial charge is 0.356 e. The minimum atomic E-state index is -3.35. The van der Waals surface area contributed by atoms with E-state index in [0.717, 1.165) is 11.1 Å². The molecule has 6 heteroatoms. The molecule has 1 aromatic rings. The minimum absolute atomic E-state index is 0.119. The Kier molecular flexibility index (Phi) is 7.03. The first kappa shape index (κ1) is 18.6. The molecule has 0 saturated carbocycles. The van der Waals surface area contributed by atoms with Gasteiger partial charge in [0.05, 0.1) is 6.26 Å². The van der Waals surface area contributed by atoms with Gasteiger partial charge in [0.2, 0.25) is 15.9 Å². The molecule has 0 aliphatic heterocycles. The average Bonchev–Trinajstić information content (AvgIpc) is 2.41. The van der Waals surface area contributed by atoms with Crippen molar-refractivity contribution < 1.29 is 13.2 Å². The number of hydrogen-bond acceptors (Lipinski definition) is 3. The highest BCUT2D eigenvalue weighted by Crippen LogP contribution is 2.10. The number of aryl methyl sites for hydroxylation is 1. The summed E-state index contributed by atoms with van der Waals surface area (Å²) >= 11 is 0. The van der Waals surface area contributed by atoms with E-state index >= 15 is 0 Å². The van der Waals surface area contributed by atoms with E-state index in [4.69, 9.17) is 0 Å². The molecule has 0 heterocycles. The maximum absolute atomic E-state index is 11.9. The molecule has 5 nitrogen and oxygen atoms in total. The summed E-state index contributed by atoms with van der Waals surface area (Å²) in [4.78, 5) is 11.7. The van der Waals surface area contributed by atoms with Crippen molar-refractivity contribution in [2.24, 2.45) is 5.92 Å². The number of amides is 1. The lowest BCUT2D eigenvalue weighted by atomic mass is 10.1. The quantitative estimate of drug-likeness (QED) is 0.793. The molecule has 1 N–H and O–H groups in total. The second kappa shape index (κ2) is 8.29. The Morgan fingerprint density at radius 1 is 1.23 bits per heavy atom. The zero-order valence-corrected chi connectivity index (χ0v) is 14.6. The van der Waals surface area contributed by atoms with Crippen LogP contribution < -0.4 is 5.32 Å². The van der Waals surface area contributed by atoms with Crippen LogP contribution in [0.25, 0.3) is 0 Å². The summed E-state index contributed by atoms with van der Waals surface area (Å²) in [5.41, 5.74) is 2.04. The van der Waals surface area contributed by atoms with Crippen LogP contribution in [-0.4, -0.2) is 38.0 Å². The summed E-state index contributed by atoms with van der Waals surface area (Å²) < 4.78 is 25.1. The van der Waals surface area contributed by atoms with Gasteiger partial charge in [0.1, 0.15) is 0 Å². The fraction of sp³-hybridized carbons (Fsp3) is 0.562. The van der Waals surface area contributed by atoms with E-state index in [2.05, 4.69) is 5.32 Å². The van der Waals surface area contributed by atoms with E-state index in [1.807, 2.05) is 45.0 Å². The molecule has 0 atom stereocenters. The first-order chi connectivity index (χ1) is 10.2. The number of nitrogens with zero attached hydrogens (tertiary/aromatic N) is 1. The predicted molar refractivity (Wildman–Crippen MR) is 88.9 cm³/mol. The van der Waals surface area contributed by atoms with Crippen LogP contribution in [0.15, 0.2) is 24.3 Å². The van der Waals surface area contributed by atoms with Gasteiger partial charge in [-0.1, -0.05) is 43.7 Å². The Morgan fingerprint density at radius 2 is 1.82 bits per heavy atom. The Bertz CT molecular complexity index is 580. The standard InChI is InChI=1S/C16H26N2O3S/c1-13(2)11-17-16(19)9-10-18(22(4,20)21)12-15-7-5-14(3)6-8-15/h5-8,13H,9-12H2,1-4H3,(H,17,19). The predicted octanol–water partition coefficient (Wildman–Crippen LogP) is 1.92. The molecule has 0 fully saturated rings. The second-order valence-electron chi connectivity index (χ2n) is 6.03. The number of carbonyl (C=O) groups excluding carboxylic acids is 1. The SMILES string of the molecule is Cc1ccc(CN(CCC(=O)NCC(C)C)S(C)(=O)=O)cc1. The van der Waals surface area contributed by atoms with E-state index < -0.39 is 10.0 Å². The van der Waals surface area contributed by atoms with E-state index in [9.17, 15) is 13.2 Å². The molecule has 0 unspecified atom stereocenters. The van der Waals surface area contributed by atoms with Gasteiger partial charge in [-0.3, -0.25) is 4.79 Å². The van der Waals surface area contributed by atoms with Crippen LogP contribution in [-0.2, 0) is 21.4 Å². The van der Waals surface area contributed by atoms with Crippen molar-refractivity contribution in [3.63, 3.8) is 0 Å². The lowest BCUT2D eigenvalue weighted by Crippen LogP contribution is -2.35. The Balaban J connectivity index is 2.62. The van der Waals surface area contributed by atoms with E-state index in [0.29, 0.717) is 12.5 Å². The second-order valence-corrected chi connectivity index (χ2v) is 8.01. The molecular weight excluding hydrogens is 300 g/mol. The van der Waals surface area contributed by atoms with Crippen LogP contribution in [0.4, 0.5) is 0 Å². The Hall–Kier alpha value is -1.40. The summed E-state index contributed by atoms with van der Waals surface area (Å²) in [6.45, 7) is 7.10. The fourth-order valence-electron chi connectivity index (χ4n) is 1.89. The molecule has 0 aliphatic rings. The lowest BCUT2D eigenvalue weighted by Gasteiger charge is -2.20. The van der Waals surface area contributed by atoms with Gasteiger partial charge in [-0.2, -0.15) is 4.31 Å². The van der Waals surface area contributed by atoms with Gasteiger partial charge in [0.15, 0.2) is 0 Å². The first-order valence-corrected chi connectivity index (χ1v) is 9.30. The van der Waals surface area contributed by atoms with Crippen LogP contribution in [0.3, 0.4) is 0 Å². The average molecular weight is 326 g/mol. The molecule has 124 valence electrons. The summed E-state index contributed by atoms with van der Waals surface area (Å²) in [5.74, 6) is 0.258. The summed E-state index contributed by atoms with van der Waals surface area (Å²) in [7, 11) is -3.35. The van der Waals surface area contributed by atoms with Gasteiger partial charge in [0.25, 0.3) is 0 Å². The van der Waals surface area contributed by atoms with Gasteiger partial charge in [-0.15, -0.1) is 0 Å². The van der Waals surface area contributed by atoms with Gasteiger partial charge in [-0.05, 0) is 18.4 Å². The topological polar surface area (TPSA) is 66.5 Å². The van der Waals surface area contributed by atoms with Gasteiger partial charge < -0.3 is 5.32 Å².